The van der Waals surface area contributed by atoms with Crippen LogP contribution in [0.15, 0.2) is 43.1 Å². The number of nitrogens with one attached hydrogen (secondary N) is 2. The van der Waals surface area contributed by atoms with Crippen molar-refractivity contribution < 1.29 is 52.3 Å². The third-order valence-electron chi connectivity index (χ3n) is 10.6. The molecule has 0 spiro atoms. The maximum absolute atomic E-state index is 14.8. The summed E-state index contributed by atoms with van der Waals surface area (Å²) in [5.74, 6) is -3.91. The van der Waals surface area contributed by atoms with Crippen LogP contribution in [-0.4, -0.2) is 125 Å². The molecule has 0 aliphatic carbocycles. The zero-order valence-corrected chi connectivity index (χ0v) is 32.4. The molecule has 4 aliphatic heterocycles. The first-order valence-electron chi connectivity index (χ1n) is 19.2. The Hall–Kier alpha value is -7.14. The number of β-amino-alcohol motifs (C(OH)–C–C–N with tert-alkyl or cyclic N) is 2. The van der Waals surface area contributed by atoms with Gasteiger partial charge in [-0.15, -0.1) is 0 Å². The first-order chi connectivity index (χ1) is 29.4. The van der Waals surface area contributed by atoms with Crippen molar-refractivity contribution >= 4 is 34.7 Å². The summed E-state index contributed by atoms with van der Waals surface area (Å²) >= 11 is 0. The summed E-state index contributed by atoms with van der Waals surface area (Å²) < 4.78 is 62.7. The number of fused-ring (bicyclic) bond motifs is 2. The number of pyridine rings is 2. The summed E-state index contributed by atoms with van der Waals surface area (Å²) in [7, 11) is 0. The average molecular weight is 843 g/mol. The Morgan fingerprint density at radius 1 is 0.820 bits per heavy atom. The van der Waals surface area contributed by atoms with Gasteiger partial charge in [0.1, 0.15) is 55.8 Å². The van der Waals surface area contributed by atoms with Crippen molar-refractivity contribution in [2.45, 2.75) is 50.8 Å². The number of aliphatic hydroxyl groups is 2. The first-order valence-corrected chi connectivity index (χ1v) is 19.2. The quantitative estimate of drug-likeness (QED) is 0.180. The van der Waals surface area contributed by atoms with Crippen LogP contribution in [0.5, 0.6) is 29.1 Å². The van der Waals surface area contributed by atoms with E-state index in [1.165, 1.54) is 33.6 Å². The van der Waals surface area contributed by atoms with Gasteiger partial charge in [-0.3, -0.25) is 9.59 Å². The van der Waals surface area contributed by atoms with Crippen molar-refractivity contribution in [3.05, 3.63) is 77.0 Å². The lowest BCUT2D eigenvalue weighted by molar-refractivity contribution is -0.176. The molecule has 4 bridgehead atoms. The Morgan fingerprint density at radius 3 is 2.23 bits per heavy atom. The molecule has 10 heterocycles. The van der Waals surface area contributed by atoms with Gasteiger partial charge in [-0.25, -0.2) is 33.2 Å². The second-order valence-electron chi connectivity index (χ2n) is 15.2. The zero-order valence-electron chi connectivity index (χ0n) is 32.4. The van der Waals surface area contributed by atoms with Crippen LogP contribution < -0.4 is 44.1 Å². The molecule has 21 nitrogen and oxygen atoms in total. The minimum absolute atomic E-state index is 0.00411. The standard InChI is InChI=1S/C38H36F2N12O9/c1-18-12-57-27-11-51-29-25(7-44-51)34(54)46-24(14-59-35-20(3-22(39)5-41-35)9-49(18)31(27)47-29)15-60-37-28-32-48-30-26(8-45-52(30)37)33(53)43-16-38(55,56)17-61-36-21(4-23(40)6-42-36)10-50(32)19(2)13-58-28/h3-8,11,18-19,24,55-56H,9-10,12-17H2,1-2H3,(H,43,53)(H,46,54)/t18-,19-,24-/m1/s1. The van der Waals surface area contributed by atoms with Gasteiger partial charge in [0.05, 0.1) is 68.7 Å². The highest BCUT2D eigenvalue weighted by atomic mass is 19.1. The maximum Gasteiger partial charge on any atom is 0.264 e. The zero-order chi connectivity index (χ0) is 42.2. The van der Waals surface area contributed by atoms with Crippen molar-refractivity contribution in [1.29, 1.82) is 0 Å². The van der Waals surface area contributed by atoms with Gasteiger partial charge in [-0.05, 0) is 26.0 Å². The number of anilines is 2. The summed E-state index contributed by atoms with van der Waals surface area (Å²) in [6, 6.07) is 1.01. The second-order valence-corrected chi connectivity index (χ2v) is 15.2. The highest BCUT2D eigenvalue weighted by Crippen LogP contribution is 2.43. The van der Waals surface area contributed by atoms with Crippen molar-refractivity contribution in [3.63, 3.8) is 0 Å². The van der Waals surface area contributed by atoms with Crippen molar-refractivity contribution in [2.75, 3.05) is 49.4 Å². The van der Waals surface area contributed by atoms with Gasteiger partial charge in [0.2, 0.25) is 23.3 Å². The minimum Gasteiger partial charge on any atom is -0.486 e. The molecule has 0 aromatic carbocycles. The lowest BCUT2D eigenvalue weighted by Gasteiger charge is -2.36. The number of carbonyl (C=O) groups is 2. The minimum atomic E-state index is -2.54. The fourth-order valence-corrected chi connectivity index (χ4v) is 7.47. The summed E-state index contributed by atoms with van der Waals surface area (Å²) in [6.07, 6.45) is 6.21. The molecular weight excluding hydrogens is 806 g/mol. The molecule has 0 unspecified atom stereocenters. The van der Waals surface area contributed by atoms with E-state index in [1.807, 2.05) is 18.7 Å². The largest absolute Gasteiger partial charge is 0.486 e. The van der Waals surface area contributed by atoms with Crippen LogP contribution in [0.25, 0.3) is 11.3 Å². The van der Waals surface area contributed by atoms with Gasteiger partial charge in [-0.1, -0.05) is 0 Å². The van der Waals surface area contributed by atoms with Crippen LogP contribution in [0.3, 0.4) is 0 Å². The molecule has 0 fully saturated rings. The molecule has 6 aromatic rings. The summed E-state index contributed by atoms with van der Waals surface area (Å²) in [5, 5.41) is 35.5. The number of aromatic nitrogens is 8. The fourth-order valence-electron chi connectivity index (χ4n) is 7.47. The molecule has 6 aromatic heterocycles. The normalized spacial score (nSPS) is 21.0. The van der Waals surface area contributed by atoms with Crippen molar-refractivity contribution in [1.82, 2.24) is 49.8 Å². The number of amides is 2. The van der Waals surface area contributed by atoms with Crippen LogP contribution in [0.4, 0.5) is 20.4 Å². The van der Waals surface area contributed by atoms with E-state index >= 15 is 0 Å². The molecule has 2 amide bonds. The molecule has 4 N–H and O–H groups in total. The number of nitrogens with zero attached hydrogens (tertiary/aromatic N) is 10. The van der Waals surface area contributed by atoms with E-state index in [0.29, 0.717) is 23.7 Å². The Labute approximate surface area is 342 Å². The highest BCUT2D eigenvalue weighted by Gasteiger charge is 2.36. The van der Waals surface area contributed by atoms with E-state index in [0.717, 1.165) is 12.4 Å². The SMILES string of the molecule is C[C@@H]1COc2cn3ncc4c3nc2N1Cc1cc(F)cnc1OC[C@H](COc1c2c3nc5c(cnn15)C(=O)NCC(O)(O)COc1ncc(F)cc1CN3[C@H](C)CO2)NC4=O. The monoisotopic (exact) mass is 842 g/mol. The van der Waals surface area contributed by atoms with E-state index < -0.39 is 48.4 Å². The van der Waals surface area contributed by atoms with E-state index in [1.54, 1.807) is 11.1 Å². The topological polar surface area (TPSA) is 237 Å². The molecule has 23 heteroatoms. The summed E-state index contributed by atoms with van der Waals surface area (Å²) in [5.41, 5.74) is 1.00. The van der Waals surface area contributed by atoms with E-state index in [-0.39, 0.29) is 102 Å². The van der Waals surface area contributed by atoms with Crippen LogP contribution in [0.1, 0.15) is 45.7 Å². The van der Waals surface area contributed by atoms with Gasteiger partial charge in [0, 0.05) is 11.1 Å². The number of rotatable bonds is 3. The number of carbonyl (C=O) groups excluding carboxylic acids is 2. The van der Waals surface area contributed by atoms with E-state index in [2.05, 4.69) is 30.8 Å². The Bertz CT molecular complexity index is 2750. The molecule has 61 heavy (non-hydrogen) atoms. The predicted molar refractivity (Wildman–Crippen MR) is 204 cm³/mol. The van der Waals surface area contributed by atoms with Crippen molar-refractivity contribution in [3.8, 4) is 29.1 Å². The number of halogens is 2. The molecule has 0 saturated heterocycles. The van der Waals surface area contributed by atoms with Crippen LogP contribution in [-0.2, 0) is 13.1 Å². The second kappa shape index (κ2) is 14.5. The van der Waals surface area contributed by atoms with Gasteiger partial charge < -0.3 is 54.3 Å². The smallest absolute Gasteiger partial charge is 0.264 e. The third-order valence-corrected chi connectivity index (χ3v) is 10.6. The number of hydrogen-bond donors (Lipinski definition) is 4. The molecule has 0 radical (unpaired) electrons. The van der Waals surface area contributed by atoms with Crippen LogP contribution >= 0.6 is 0 Å². The molecule has 0 saturated carbocycles. The lowest BCUT2D eigenvalue weighted by atomic mass is 10.1. The first kappa shape index (κ1) is 38.1. The summed E-state index contributed by atoms with van der Waals surface area (Å²) in [6.45, 7) is 2.40. The lowest BCUT2D eigenvalue weighted by Crippen LogP contribution is -2.47. The van der Waals surface area contributed by atoms with Gasteiger partial charge in [0.15, 0.2) is 28.7 Å². The van der Waals surface area contributed by atoms with Crippen LogP contribution in [0, 0.1) is 11.6 Å². The average Bonchev–Trinajstić information content (AvgIpc) is 3.86. The van der Waals surface area contributed by atoms with Gasteiger partial charge >= 0.3 is 0 Å². The fraction of sp³-hybridized carbons (Fsp3) is 0.368. The molecule has 10 rings (SSSR count). The molecule has 316 valence electrons. The van der Waals surface area contributed by atoms with E-state index in [9.17, 15) is 28.6 Å². The third kappa shape index (κ3) is 6.89. The number of hydrogen-bond acceptors (Lipinski definition) is 17. The molecule has 4 aliphatic rings. The van der Waals surface area contributed by atoms with Gasteiger partial charge in [-0.2, -0.15) is 14.7 Å². The predicted octanol–water partition coefficient (Wildman–Crippen LogP) is 0.788. The Kier molecular flexibility index (Phi) is 9.08. The van der Waals surface area contributed by atoms with E-state index in [4.69, 9.17) is 33.7 Å². The Balaban J connectivity index is 1.05. The molecule has 3 atom stereocenters. The molecular formula is C38H36F2N12O9. The van der Waals surface area contributed by atoms with Crippen molar-refractivity contribution in [2.24, 2.45) is 0 Å². The summed E-state index contributed by atoms with van der Waals surface area (Å²) in [4.78, 5) is 49.2. The van der Waals surface area contributed by atoms with Gasteiger partial charge in [0.25, 0.3) is 17.7 Å². The van der Waals surface area contributed by atoms with Crippen LogP contribution in [0.2, 0.25) is 0 Å². The number of ether oxygens (including phenoxy) is 5. The highest BCUT2D eigenvalue weighted by molar-refractivity contribution is 6.01. The Morgan fingerprint density at radius 2 is 1.48 bits per heavy atom. The maximum atomic E-state index is 14.8.